The maximum absolute atomic E-state index is 5.90. The van der Waals surface area contributed by atoms with Gasteiger partial charge in [0, 0.05) is 18.3 Å². The van der Waals surface area contributed by atoms with Crippen LogP contribution in [0.2, 0.25) is 5.02 Å². The number of rotatable bonds is 4. The van der Waals surface area contributed by atoms with Crippen LogP contribution in [0.1, 0.15) is 0 Å². The van der Waals surface area contributed by atoms with Crippen molar-refractivity contribution in [1.29, 1.82) is 0 Å². The quantitative estimate of drug-likeness (QED) is 0.476. The molecule has 134 valence electrons. The van der Waals surface area contributed by atoms with E-state index in [4.69, 9.17) is 16.3 Å². The number of ether oxygens (including phenoxy) is 1. The molecule has 0 bridgehead atoms. The molecule has 0 radical (unpaired) electrons. The van der Waals surface area contributed by atoms with Gasteiger partial charge in [0.2, 0.25) is 5.82 Å². The molecule has 9 nitrogen and oxygen atoms in total. The lowest BCUT2D eigenvalue weighted by Crippen LogP contribution is -2.08. The number of nitrogens with zero attached hydrogens (tertiary/aromatic N) is 8. The van der Waals surface area contributed by atoms with Gasteiger partial charge in [-0.05, 0) is 30.3 Å². The Morgan fingerprint density at radius 2 is 1.93 bits per heavy atom. The number of aromatic nitrogens is 8. The van der Waals surface area contributed by atoms with Crippen LogP contribution in [0, 0.1) is 0 Å². The summed E-state index contributed by atoms with van der Waals surface area (Å²) >= 11 is 5.90. The minimum Gasteiger partial charge on any atom is -0.471 e. The number of hydrogen-bond donors (Lipinski definition) is 0. The van der Waals surface area contributed by atoms with Gasteiger partial charge in [-0.2, -0.15) is 10.2 Å². The fourth-order valence-corrected chi connectivity index (χ4v) is 2.97. The van der Waals surface area contributed by atoms with Crippen molar-refractivity contribution in [3.05, 3.63) is 54.1 Å². The Balaban J connectivity index is 1.49. The maximum Gasteiger partial charge on any atom is 0.200 e. The molecule has 0 saturated heterocycles. The Bertz CT molecular complexity index is 1250. The smallest absolute Gasteiger partial charge is 0.200 e. The number of fused-ring (bicyclic) bond motifs is 3. The predicted molar refractivity (Wildman–Crippen MR) is 98.4 cm³/mol. The van der Waals surface area contributed by atoms with Crippen molar-refractivity contribution < 1.29 is 4.74 Å². The Morgan fingerprint density at radius 1 is 1.07 bits per heavy atom. The molecule has 1 aromatic carbocycles. The lowest BCUT2D eigenvalue weighted by molar-refractivity contribution is 0.223. The normalized spacial score (nSPS) is 11.5. The molecule has 0 fully saturated rings. The summed E-state index contributed by atoms with van der Waals surface area (Å²) in [5.41, 5.74) is 2.18. The van der Waals surface area contributed by atoms with Gasteiger partial charge in [0.25, 0.3) is 0 Å². The van der Waals surface area contributed by atoms with Gasteiger partial charge in [-0.1, -0.05) is 11.6 Å². The van der Waals surface area contributed by atoms with E-state index in [1.807, 2.05) is 13.1 Å². The highest BCUT2D eigenvalue weighted by Gasteiger charge is 2.15. The molecule has 0 atom stereocenters. The van der Waals surface area contributed by atoms with Crippen molar-refractivity contribution >= 4 is 28.3 Å². The molecule has 4 heterocycles. The molecule has 0 N–H and O–H groups in total. The first-order valence-electron chi connectivity index (χ1n) is 8.13. The van der Waals surface area contributed by atoms with Gasteiger partial charge in [0.15, 0.2) is 18.0 Å². The molecule has 27 heavy (non-hydrogen) atoms. The van der Waals surface area contributed by atoms with Crippen molar-refractivity contribution in [2.75, 3.05) is 0 Å². The number of hydrogen-bond acceptors (Lipinski definition) is 6. The molecule has 0 amide bonds. The zero-order chi connectivity index (χ0) is 18.4. The Labute approximate surface area is 157 Å². The van der Waals surface area contributed by atoms with Crippen molar-refractivity contribution in [2.24, 2.45) is 7.05 Å². The van der Waals surface area contributed by atoms with Crippen LogP contribution in [0.5, 0.6) is 5.75 Å². The Hall–Kier alpha value is -3.46. The minimum absolute atomic E-state index is 0.222. The summed E-state index contributed by atoms with van der Waals surface area (Å²) < 4.78 is 10.8. The lowest BCUT2D eigenvalue weighted by Gasteiger charge is -2.08. The zero-order valence-electron chi connectivity index (χ0n) is 14.2. The van der Waals surface area contributed by atoms with Crippen molar-refractivity contribution in [1.82, 2.24) is 39.1 Å². The van der Waals surface area contributed by atoms with E-state index in [1.54, 1.807) is 56.9 Å². The van der Waals surface area contributed by atoms with E-state index in [0.29, 0.717) is 22.2 Å². The van der Waals surface area contributed by atoms with Crippen LogP contribution >= 0.6 is 11.6 Å². The highest BCUT2D eigenvalue weighted by molar-refractivity contribution is 6.30. The van der Waals surface area contributed by atoms with Crippen molar-refractivity contribution in [3.8, 4) is 17.3 Å². The second-order valence-corrected chi connectivity index (χ2v) is 6.33. The fourth-order valence-electron chi connectivity index (χ4n) is 2.84. The molecule has 0 unspecified atom stereocenters. The van der Waals surface area contributed by atoms with Gasteiger partial charge in [-0.25, -0.2) is 19.2 Å². The van der Waals surface area contributed by atoms with E-state index in [0.717, 1.165) is 16.7 Å². The summed E-state index contributed by atoms with van der Waals surface area (Å²) in [7, 11) is 1.84. The predicted octanol–water partition coefficient (Wildman–Crippen LogP) is 2.56. The van der Waals surface area contributed by atoms with Crippen LogP contribution in [0.25, 0.3) is 28.2 Å². The summed E-state index contributed by atoms with van der Waals surface area (Å²) in [6, 6.07) is 9.00. The third-order valence-corrected chi connectivity index (χ3v) is 4.43. The summed E-state index contributed by atoms with van der Waals surface area (Å²) in [6.07, 6.45) is 5.04. The third-order valence-electron chi connectivity index (χ3n) is 4.18. The van der Waals surface area contributed by atoms with Crippen LogP contribution in [-0.4, -0.2) is 39.1 Å². The van der Waals surface area contributed by atoms with Crippen molar-refractivity contribution in [2.45, 2.75) is 6.73 Å². The minimum atomic E-state index is 0.222. The molecule has 0 aliphatic carbocycles. The molecule has 0 aliphatic heterocycles. The van der Waals surface area contributed by atoms with Crippen LogP contribution in [0.4, 0.5) is 0 Å². The largest absolute Gasteiger partial charge is 0.471 e. The molecule has 0 saturated carbocycles. The highest BCUT2D eigenvalue weighted by Crippen LogP contribution is 2.21. The lowest BCUT2D eigenvalue weighted by atomic mass is 10.3. The molecular weight excluding hydrogens is 368 g/mol. The zero-order valence-corrected chi connectivity index (χ0v) is 14.9. The molecule has 5 rings (SSSR count). The summed E-state index contributed by atoms with van der Waals surface area (Å²) in [5.74, 6) is 1.23. The second-order valence-electron chi connectivity index (χ2n) is 5.90. The van der Waals surface area contributed by atoms with Crippen LogP contribution in [-0.2, 0) is 13.8 Å². The average Bonchev–Trinajstić information content (AvgIpc) is 3.38. The maximum atomic E-state index is 5.90. The van der Waals surface area contributed by atoms with E-state index in [-0.39, 0.29) is 6.73 Å². The molecular formula is C17H13ClN8O. The van der Waals surface area contributed by atoms with E-state index in [1.165, 1.54) is 0 Å². The van der Waals surface area contributed by atoms with Gasteiger partial charge < -0.3 is 4.74 Å². The van der Waals surface area contributed by atoms with Gasteiger partial charge >= 0.3 is 0 Å². The summed E-state index contributed by atoms with van der Waals surface area (Å²) in [5, 5.41) is 14.5. The summed E-state index contributed by atoms with van der Waals surface area (Å²) in [4.78, 5) is 9.02. The van der Waals surface area contributed by atoms with Crippen LogP contribution in [0.15, 0.2) is 49.1 Å². The SMILES string of the molecule is Cn1ncc2c1ncn1nc(-c3ccnn3COc3ccc(Cl)cc3)nc21. The van der Waals surface area contributed by atoms with Gasteiger partial charge in [-0.3, -0.25) is 4.68 Å². The number of benzene rings is 1. The Kier molecular flexibility index (Phi) is 3.54. The first kappa shape index (κ1) is 15.8. The van der Waals surface area contributed by atoms with Gasteiger partial charge in [0.1, 0.15) is 17.8 Å². The van der Waals surface area contributed by atoms with Gasteiger partial charge in [-0.15, -0.1) is 5.10 Å². The molecule has 0 spiro atoms. The average molecular weight is 381 g/mol. The van der Waals surface area contributed by atoms with Crippen LogP contribution < -0.4 is 4.74 Å². The first-order chi connectivity index (χ1) is 13.2. The standard InChI is InChI=1S/C17H13ClN8O/c1-24-16-13(8-21-24)17-22-15(23-25(17)9-19-16)14-6-7-20-26(14)10-27-12-4-2-11(18)3-5-12/h2-9H,10H2,1H3. The van der Waals surface area contributed by atoms with Crippen molar-refractivity contribution in [3.63, 3.8) is 0 Å². The number of aryl methyl sites for hydroxylation is 1. The topological polar surface area (TPSA) is 88.0 Å². The van der Waals surface area contributed by atoms with E-state index >= 15 is 0 Å². The monoisotopic (exact) mass is 380 g/mol. The molecule has 4 aromatic heterocycles. The van der Waals surface area contributed by atoms with E-state index < -0.39 is 0 Å². The van der Waals surface area contributed by atoms with Crippen LogP contribution in [0.3, 0.4) is 0 Å². The highest BCUT2D eigenvalue weighted by atomic mass is 35.5. The fraction of sp³-hybridized carbons (Fsp3) is 0.118. The molecule has 0 aliphatic rings. The van der Waals surface area contributed by atoms with E-state index in [2.05, 4.69) is 25.3 Å². The molecule has 5 aromatic rings. The first-order valence-corrected chi connectivity index (χ1v) is 8.50. The second kappa shape index (κ2) is 6.06. The van der Waals surface area contributed by atoms with Gasteiger partial charge in [0.05, 0.1) is 11.6 Å². The number of halogens is 1. The molecule has 10 heteroatoms. The van der Waals surface area contributed by atoms with E-state index in [9.17, 15) is 0 Å². The summed E-state index contributed by atoms with van der Waals surface area (Å²) in [6.45, 7) is 0.222. The third kappa shape index (κ3) is 2.68. The Morgan fingerprint density at radius 3 is 2.78 bits per heavy atom.